The van der Waals surface area contributed by atoms with E-state index in [4.69, 9.17) is 18.5 Å². The summed E-state index contributed by atoms with van der Waals surface area (Å²) in [6, 6.07) is 18.8. The Hall–Kier alpha value is -5.83. The quantitative estimate of drug-likeness (QED) is 0.0753. The molecule has 4 aliphatic carbocycles. The van der Waals surface area contributed by atoms with Gasteiger partial charge in [-0.2, -0.15) is 0 Å². The number of aliphatic hydroxyl groups is 1. The van der Waals surface area contributed by atoms with Crippen LogP contribution in [0.2, 0.25) is 0 Å². The fourth-order valence-corrected chi connectivity index (χ4v) is 12.8. The molecule has 6 fully saturated rings. The zero-order chi connectivity index (χ0) is 54.6. The topological polar surface area (TPSA) is 203 Å². The second-order valence-corrected chi connectivity index (χ2v) is 25.8. The van der Waals surface area contributed by atoms with Crippen LogP contribution in [-0.2, 0) is 49.5 Å². The SMILES string of the molecule is CC(C)(C)CC1CC(c2onc(C[C@H](CCC(=O)O)C(=O)N3C(=O)OC[C@@H]3Cc3ccccc3)c2C2CC2)C1.CC(C)(C)CC1CC(c2onc(C[C@H](CCCO)C(=O)N3C(=O)OC[C@@H]3Cc3ccccc3)c2C2CC2)C1. The first-order valence-corrected chi connectivity index (χ1v) is 28.7. The lowest BCUT2D eigenvalue weighted by Crippen LogP contribution is -2.44. The lowest BCUT2D eigenvalue weighted by atomic mass is 9.67. The molecule has 77 heavy (non-hydrogen) atoms. The number of ether oxygens (including phenoxy) is 2. The molecular weight excluding hydrogens is 977 g/mol. The van der Waals surface area contributed by atoms with Crippen LogP contribution in [0.5, 0.6) is 0 Å². The molecule has 6 aliphatic rings. The number of carboxylic acids is 1. The standard InChI is InChI=1S/C31H40N2O6.C31H42N2O5/c1-31(2,3)17-20-13-23(14-20)28-27(21-9-10-21)25(32-39-28)16-22(11-12-26(34)35)29(36)33-24(18-38-30(33)37)15-19-7-5-4-6-8-19;1-31(2,3)18-21-14-24(15-21)28-27(22-11-12-22)26(32-38-28)17-23(10-7-13-34)29(35)33-25(19-37-30(33)36)16-20-8-5-4-6-9-20/h4-8,20-24H,9-18H2,1-3H3,(H,34,35);4-6,8-9,21-25,34H,7,10-19H2,1-3H3/t20?,22-,23?,24-;21?,23-,24?,25-/m00/s1. The van der Waals surface area contributed by atoms with Gasteiger partial charge in [0.2, 0.25) is 11.8 Å². The molecule has 0 radical (unpaired) electrons. The Morgan fingerprint density at radius 1 is 0.610 bits per heavy atom. The van der Waals surface area contributed by atoms with Gasteiger partial charge < -0.3 is 28.7 Å². The van der Waals surface area contributed by atoms with E-state index in [1.54, 1.807) is 0 Å². The highest BCUT2D eigenvalue weighted by atomic mass is 16.6. The van der Waals surface area contributed by atoms with Crippen LogP contribution >= 0.6 is 0 Å². The number of amides is 4. The van der Waals surface area contributed by atoms with Crippen LogP contribution in [0.15, 0.2) is 69.7 Å². The number of hydrogen-bond donors (Lipinski definition) is 2. The van der Waals surface area contributed by atoms with E-state index in [1.807, 2.05) is 60.7 Å². The third-order valence-corrected chi connectivity index (χ3v) is 16.7. The molecule has 4 saturated carbocycles. The van der Waals surface area contributed by atoms with Gasteiger partial charge in [-0.15, -0.1) is 0 Å². The van der Waals surface area contributed by atoms with Crippen molar-refractivity contribution < 1.29 is 52.7 Å². The largest absolute Gasteiger partial charge is 0.481 e. The van der Waals surface area contributed by atoms with E-state index in [-0.39, 0.29) is 56.9 Å². The highest BCUT2D eigenvalue weighted by molar-refractivity contribution is 5.96. The maximum atomic E-state index is 13.8. The smallest absolute Gasteiger partial charge is 0.416 e. The Labute approximate surface area is 454 Å². The number of aromatic nitrogens is 2. The van der Waals surface area contributed by atoms with Crippen LogP contribution in [0.25, 0.3) is 0 Å². The number of carboxylic acid groups (broad SMARTS) is 1. The fraction of sp³-hybridized carbons (Fsp3) is 0.629. The molecule has 0 unspecified atom stereocenters. The zero-order valence-corrected chi connectivity index (χ0v) is 46.3. The fourth-order valence-electron chi connectivity index (χ4n) is 12.8. The summed E-state index contributed by atoms with van der Waals surface area (Å²) in [6.07, 6.45) is 12.7. The Kier molecular flexibility index (Phi) is 17.5. The lowest BCUT2D eigenvalue weighted by Gasteiger charge is -2.38. The van der Waals surface area contributed by atoms with E-state index in [0.717, 1.165) is 96.9 Å². The Morgan fingerprint density at radius 2 is 1.01 bits per heavy atom. The van der Waals surface area contributed by atoms with Crippen molar-refractivity contribution in [3.8, 4) is 0 Å². The van der Waals surface area contributed by atoms with E-state index in [2.05, 4.69) is 51.9 Å². The van der Waals surface area contributed by atoms with Gasteiger partial charge >= 0.3 is 18.2 Å². The highest BCUT2D eigenvalue weighted by Crippen LogP contribution is 2.54. The zero-order valence-electron chi connectivity index (χ0n) is 46.3. The number of aliphatic hydroxyl groups excluding tert-OH is 1. The molecule has 15 nitrogen and oxygen atoms in total. The molecule has 2 aliphatic heterocycles. The molecule has 2 saturated heterocycles. The summed E-state index contributed by atoms with van der Waals surface area (Å²) in [5, 5.41) is 27.9. The molecule has 10 rings (SSSR count). The maximum Gasteiger partial charge on any atom is 0.416 e. The monoisotopic (exact) mass is 1060 g/mol. The van der Waals surface area contributed by atoms with Crippen molar-refractivity contribution in [1.82, 2.24) is 20.1 Å². The van der Waals surface area contributed by atoms with E-state index in [9.17, 15) is 34.2 Å². The maximum absolute atomic E-state index is 13.8. The molecule has 4 aromatic rings. The third-order valence-electron chi connectivity index (χ3n) is 16.7. The first kappa shape index (κ1) is 55.9. The van der Waals surface area contributed by atoms with E-state index in [1.165, 1.54) is 28.2 Å². The molecular formula is C62H82N4O11. The van der Waals surface area contributed by atoms with Crippen molar-refractivity contribution in [2.24, 2.45) is 34.5 Å². The minimum absolute atomic E-state index is 0.00153. The second-order valence-electron chi connectivity index (χ2n) is 25.8. The molecule has 2 N–H and O–H groups in total. The van der Waals surface area contributed by atoms with Crippen molar-refractivity contribution in [3.05, 3.63) is 106 Å². The summed E-state index contributed by atoms with van der Waals surface area (Å²) in [5.74, 6) is 2.26. The van der Waals surface area contributed by atoms with E-state index < -0.39 is 36.0 Å². The summed E-state index contributed by atoms with van der Waals surface area (Å²) < 4.78 is 22.6. The number of aliphatic carboxylic acids is 1. The first-order chi connectivity index (χ1) is 36.8. The Bertz CT molecular complexity index is 2670. The van der Waals surface area contributed by atoms with Gasteiger partial charge in [0.15, 0.2) is 0 Å². The normalized spacial score (nSPS) is 24.0. The van der Waals surface area contributed by atoms with E-state index >= 15 is 0 Å². The van der Waals surface area contributed by atoms with Gasteiger partial charge in [0, 0.05) is 60.7 Å². The number of carbonyl (C=O) groups excluding carboxylic acids is 4. The van der Waals surface area contributed by atoms with Crippen molar-refractivity contribution in [2.75, 3.05) is 19.8 Å². The van der Waals surface area contributed by atoms with Gasteiger partial charge in [-0.25, -0.2) is 19.4 Å². The van der Waals surface area contributed by atoms with Crippen LogP contribution < -0.4 is 0 Å². The Balaban J connectivity index is 0.000000188. The molecule has 2 aromatic carbocycles. The van der Waals surface area contributed by atoms with Gasteiger partial charge in [0.25, 0.3) is 0 Å². The second kappa shape index (κ2) is 24.0. The molecule has 4 heterocycles. The van der Waals surface area contributed by atoms with Crippen LogP contribution in [0.1, 0.15) is 200 Å². The molecule has 416 valence electrons. The molecule has 4 amide bonds. The van der Waals surface area contributed by atoms with Crippen molar-refractivity contribution >= 4 is 30.0 Å². The number of benzene rings is 2. The van der Waals surface area contributed by atoms with Gasteiger partial charge in [0.1, 0.15) is 24.7 Å². The number of cyclic esters (lactones) is 2. The van der Waals surface area contributed by atoms with Gasteiger partial charge in [-0.1, -0.05) is 113 Å². The molecule has 0 bridgehead atoms. The van der Waals surface area contributed by atoms with E-state index in [0.29, 0.717) is 72.5 Å². The summed E-state index contributed by atoms with van der Waals surface area (Å²) in [7, 11) is 0. The summed E-state index contributed by atoms with van der Waals surface area (Å²) >= 11 is 0. The van der Waals surface area contributed by atoms with Crippen LogP contribution in [0.3, 0.4) is 0 Å². The summed E-state index contributed by atoms with van der Waals surface area (Å²) in [4.78, 5) is 67.1. The number of imide groups is 2. The number of carbonyl (C=O) groups is 5. The average Bonchev–Trinajstić information content (AvgIpc) is 4.33. The van der Waals surface area contributed by atoms with Gasteiger partial charge in [-0.05, 0) is 142 Å². The minimum atomic E-state index is -0.972. The molecule has 2 aromatic heterocycles. The van der Waals surface area contributed by atoms with Crippen molar-refractivity contribution in [2.45, 2.75) is 193 Å². The Morgan fingerprint density at radius 3 is 1.38 bits per heavy atom. The van der Waals surface area contributed by atoms with Crippen molar-refractivity contribution in [1.29, 1.82) is 0 Å². The minimum Gasteiger partial charge on any atom is -0.481 e. The van der Waals surface area contributed by atoms with Gasteiger partial charge in [0.05, 0.1) is 23.5 Å². The summed E-state index contributed by atoms with van der Waals surface area (Å²) in [6.45, 7) is 14.0. The lowest BCUT2D eigenvalue weighted by molar-refractivity contribution is -0.138. The molecule has 15 heteroatoms. The molecule has 4 atom stereocenters. The third kappa shape index (κ3) is 14.3. The average molecular weight is 1060 g/mol. The van der Waals surface area contributed by atoms with Crippen LogP contribution in [0.4, 0.5) is 9.59 Å². The number of nitrogens with zero attached hydrogens (tertiary/aromatic N) is 4. The number of hydrogen-bond acceptors (Lipinski definition) is 12. The number of rotatable bonds is 22. The van der Waals surface area contributed by atoms with Gasteiger partial charge in [-0.3, -0.25) is 14.4 Å². The first-order valence-electron chi connectivity index (χ1n) is 28.7. The predicted octanol–water partition coefficient (Wildman–Crippen LogP) is 12.1. The van der Waals surface area contributed by atoms with Crippen LogP contribution in [0, 0.1) is 34.5 Å². The van der Waals surface area contributed by atoms with Crippen LogP contribution in [-0.4, -0.2) is 92.2 Å². The van der Waals surface area contributed by atoms with Crippen molar-refractivity contribution in [3.63, 3.8) is 0 Å². The summed E-state index contributed by atoms with van der Waals surface area (Å²) in [5.41, 5.74) is 6.66. The molecule has 0 spiro atoms. The highest BCUT2D eigenvalue weighted by Gasteiger charge is 2.47. The predicted molar refractivity (Wildman–Crippen MR) is 288 cm³/mol.